The second-order valence-electron chi connectivity index (χ2n) is 7.02. The quantitative estimate of drug-likeness (QED) is 0.721. The summed E-state index contributed by atoms with van der Waals surface area (Å²) >= 11 is 0. The summed E-state index contributed by atoms with van der Waals surface area (Å²) in [6.45, 7) is 8.90. The van der Waals surface area contributed by atoms with Crippen LogP contribution in [-0.4, -0.2) is 11.9 Å². The number of urea groups is 1. The molecule has 0 bridgehead atoms. The predicted molar refractivity (Wildman–Crippen MR) is 105 cm³/mol. The van der Waals surface area contributed by atoms with Crippen molar-refractivity contribution < 1.29 is 9.59 Å². The zero-order valence-corrected chi connectivity index (χ0v) is 15.8. The Hall–Kier alpha value is -2.82. The number of rotatable bonds is 6. The second kappa shape index (κ2) is 8.52. The molecule has 0 aromatic heterocycles. The van der Waals surface area contributed by atoms with Gasteiger partial charge in [-0.2, -0.15) is 0 Å². The maximum Gasteiger partial charge on any atom is 0.312 e. The second-order valence-corrected chi connectivity index (χ2v) is 7.02. The largest absolute Gasteiger partial charge is 0.352 e. The van der Waals surface area contributed by atoms with Gasteiger partial charge in [-0.3, -0.25) is 4.79 Å². The molecular weight excluding hydrogens is 326 g/mol. The van der Waals surface area contributed by atoms with Gasteiger partial charge in [-0.1, -0.05) is 52.0 Å². The van der Waals surface area contributed by atoms with Crippen molar-refractivity contribution in [2.75, 3.05) is 5.32 Å². The van der Waals surface area contributed by atoms with Crippen molar-refractivity contribution in [2.45, 2.75) is 46.1 Å². The molecule has 0 spiro atoms. The molecule has 2 aromatic rings. The van der Waals surface area contributed by atoms with E-state index in [0.717, 1.165) is 16.8 Å². The Kier molecular flexibility index (Phi) is 6.39. The zero-order chi connectivity index (χ0) is 19.3. The van der Waals surface area contributed by atoms with E-state index < -0.39 is 6.03 Å². The van der Waals surface area contributed by atoms with E-state index >= 15 is 0 Å². The highest BCUT2D eigenvalue weighted by Crippen LogP contribution is 2.28. The Morgan fingerprint density at radius 3 is 2.15 bits per heavy atom. The van der Waals surface area contributed by atoms with Crippen LogP contribution in [0, 0.1) is 0 Å². The first-order valence-electron chi connectivity index (χ1n) is 8.85. The fourth-order valence-electron chi connectivity index (χ4n) is 2.69. The molecule has 26 heavy (non-hydrogen) atoms. The minimum absolute atomic E-state index is 0.154. The van der Waals surface area contributed by atoms with Gasteiger partial charge in [-0.25, -0.2) is 4.79 Å². The van der Waals surface area contributed by atoms with Gasteiger partial charge in [0.05, 0.1) is 0 Å². The van der Waals surface area contributed by atoms with Crippen molar-refractivity contribution >= 4 is 17.6 Å². The molecule has 5 nitrogen and oxygen atoms in total. The van der Waals surface area contributed by atoms with E-state index in [1.54, 1.807) is 24.3 Å². The average Bonchev–Trinajstić information content (AvgIpc) is 2.60. The highest BCUT2D eigenvalue weighted by atomic mass is 16.2. The Morgan fingerprint density at radius 1 is 0.962 bits per heavy atom. The van der Waals surface area contributed by atoms with Crippen LogP contribution in [0.25, 0.3) is 0 Å². The number of nitrogens with one attached hydrogen (secondary N) is 2. The summed E-state index contributed by atoms with van der Waals surface area (Å²) in [5.74, 6) is 0.601. The number of benzene rings is 2. The van der Waals surface area contributed by atoms with Crippen LogP contribution < -0.4 is 16.4 Å². The summed E-state index contributed by atoms with van der Waals surface area (Å²) in [4.78, 5) is 23.3. The third-order valence-corrected chi connectivity index (χ3v) is 4.30. The predicted octanol–water partition coefficient (Wildman–Crippen LogP) is 4.35. The third kappa shape index (κ3) is 5.09. The molecule has 0 unspecified atom stereocenters. The van der Waals surface area contributed by atoms with Crippen LogP contribution in [0.4, 0.5) is 10.5 Å². The molecular formula is C21H27N3O2. The Labute approximate surface area is 155 Å². The van der Waals surface area contributed by atoms with Gasteiger partial charge in [0.2, 0.25) is 0 Å². The van der Waals surface area contributed by atoms with Gasteiger partial charge in [-0.05, 0) is 46.7 Å². The van der Waals surface area contributed by atoms with Crippen LogP contribution in [-0.2, 0) is 6.54 Å². The molecule has 0 saturated heterocycles. The van der Waals surface area contributed by atoms with Gasteiger partial charge >= 0.3 is 6.03 Å². The lowest BCUT2D eigenvalue weighted by molar-refractivity contribution is 0.102. The van der Waals surface area contributed by atoms with Gasteiger partial charge in [-0.15, -0.1) is 0 Å². The molecule has 2 aromatic carbocycles. The number of anilines is 1. The van der Waals surface area contributed by atoms with E-state index in [1.165, 1.54) is 5.56 Å². The molecule has 0 atom stereocenters. The molecule has 0 aliphatic heterocycles. The zero-order valence-electron chi connectivity index (χ0n) is 15.8. The van der Waals surface area contributed by atoms with Gasteiger partial charge in [0.25, 0.3) is 5.91 Å². The Morgan fingerprint density at radius 2 is 1.62 bits per heavy atom. The summed E-state index contributed by atoms with van der Waals surface area (Å²) in [6, 6.07) is 12.7. The van der Waals surface area contributed by atoms with Crippen molar-refractivity contribution in [1.29, 1.82) is 0 Å². The number of nitrogens with two attached hydrogens (primary N) is 1. The van der Waals surface area contributed by atoms with Crippen LogP contribution in [0.2, 0.25) is 0 Å². The molecule has 5 heteroatoms. The van der Waals surface area contributed by atoms with E-state index in [9.17, 15) is 9.59 Å². The summed E-state index contributed by atoms with van der Waals surface area (Å²) < 4.78 is 0. The van der Waals surface area contributed by atoms with Crippen LogP contribution in [0.5, 0.6) is 0 Å². The van der Waals surface area contributed by atoms with E-state index in [1.807, 2.05) is 6.07 Å². The maximum absolute atomic E-state index is 12.6. The average molecular weight is 353 g/mol. The van der Waals surface area contributed by atoms with Crippen LogP contribution in [0.15, 0.2) is 42.5 Å². The minimum Gasteiger partial charge on any atom is -0.352 e. The number of hydrogen-bond acceptors (Lipinski definition) is 2. The lowest BCUT2D eigenvalue weighted by Crippen LogP contribution is -2.28. The molecule has 138 valence electrons. The standard InChI is InChI=1S/C21H27N3O2/c1-13(2)17-9-10-19(18(11-17)14(3)4)24-20(25)16-7-5-15(6-8-16)12-23-21(22)26/h5-11,13-14H,12H2,1-4H3,(H,24,25)(H3,22,23,26). The molecule has 0 aliphatic rings. The van der Waals surface area contributed by atoms with Crippen molar-refractivity contribution in [3.8, 4) is 0 Å². The third-order valence-electron chi connectivity index (χ3n) is 4.30. The Balaban J connectivity index is 2.15. The molecule has 0 heterocycles. The molecule has 0 aliphatic carbocycles. The SMILES string of the molecule is CC(C)c1ccc(NC(=O)c2ccc(CNC(N)=O)cc2)c(C(C)C)c1. The number of carbonyl (C=O) groups is 2. The highest BCUT2D eigenvalue weighted by Gasteiger charge is 2.13. The molecule has 3 amide bonds. The Bertz CT molecular complexity index is 780. The fourth-order valence-corrected chi connectivity index (χ4v) is 2.69. The van der Waals surface area contributed by atoms with Gasteiger partial charge in [0.1, 0.15) is 0 Å². The van der Waals surface area contributed by atoms with Gasteiger partial charge in [0, 0.05) is 17.8 Å². The van der Waals surface area contributed by atoms with Crippen LogP contribution in [0.3, 0.4) is 0 Å². The van der Waals surface area contributed by atoms with Crippen LogP contribution in [0.1, 0.15) is 66.6 Å². The molecule has 4 N–H and O–H groups in total. The first-order chi connectivity index (χ1) is 12.3. The molecule has 2 rings (SSSR count). The summed E-state index contributed by atoms with van der Waals surface area (Å²) in [7, 11) is 0. The smallest absolute Gasteiger partial charge is 0.312 e. The number of carbonyl (C=O) groups excluding carboxylic acids is 2. The van der Waals surface area contributed by atoms with Crippen molar-refractivity contribution in [1.82, 2.24) is 5.32 Å². The first-order valence-corrected chi connectivity index (χ1v) is 8.85. The summed E-state index contributed by atoms with van der Waals surface area (Å²) in [5.41, 5.74) is 9.74. The topological polar surface area (TPSA) is 84.2 Å². The van der Waals surface area contributed by atoms with Crippen LogP contribution >= 0.6 is 0 Å². The van der Waals surface area contributed by atoms with Crippen molar-refractivity contribution in [3.05, 3.63) is 64.7 Å². The van der Waals surface area contributed by atoms with Crippen molar-refractivity contribution in [2.24, 2.45) is 5.73 Å². The molecule has 0 saturated carbocycles. The summed E-state index contributed by atoms with van der Waals surface area (Å²) in [5, 5.41) is 5.54. The maximum atomic E-state index is 12.6. The van der Waals surface area contributed by atoms with Gasteiger partial charge < -0.3 is 16.4 Å². The van der Waals surface area contributed by atoms with E-state index in [0.29, 0.717) is 23.9 Å². The normalized spacial score (nSPS) is 10.8. The lowest BCUT2D eigenvalue weighted by Gasteiger charge is -2.17. The van der Waals surface area contributed by atoms with E-state index in [4.69, 9.17) is 5.73 Å². The highest BCUT2D eigenvalue weighted by molar-refractivity contribution is 6.04. The lowest BCUT2D eigenvalue weighted by atomic mass is 9.94. The van der Waals surface area contributed by atoms with Gasteiger partial charge in [0.15, 0.2) is 0 Å². The van der Waals surface area contributed by atoms with Crippen molar-refractivity contribution in [3.63, 3.8) is 0 Å². The van der Waals surface area contributed by atoms with E-state index in [-0.39, 0.29) is 5.91 Å². The summed E-state index contributed by atoms with van der Waals surface area (Å²) in [6.07, 6.45) is 0. The first kappa shape index (κ1) is 19.5. The fraction of sp³-hybridized carbons (Fsp3) is 0.333. The monoisotopic (exact) mass is 353 g/mol. The van der Waals surface area contributed by atoms with E-state index in [2.05, 4.69) is 50.5 Å². The minimum atomic E-state index is -0.571. The molecule has 0 radical (unpaired) electrons. The number of hydrogen-bond donors (Lipinski definition) is 3. The number of primary amides is 1. The molecule has 0 fully saturated rings. The number of amides is 3.